The second kappa shape index (κ2) is 7.03. The number of hydrogen-bond acceptors (Lipinski definition) is 5. The Hall–Kier alpha value is -3.09. The van der Waals surface area contributed by atoms with Crippen LogP contribution in [0.25, 0.3) is 11.1 Å². The molecule has 0 unspecified atom stereocenters. The van der Waals surface area contributed by atoms with Crippen LogP contribution >= 0.6 is 0 Å². The van der Waals surface area contributed by atoms with Crippen molar-refractivity contribution in [1.82, 2.24) is 9.55 Å². The number of carbonyl (C=O) groups is 1. The van der Waals surface area contributed by atoms with Crippen molar-refractivity contribution in [3.63, 3.8) is 0 Å². The van der Waals surface area contributed by atoms with E-state index in [0.717, 1.165) is 11.1 Å². The smallest absolute Gasteiger partial charge is 0.264 e. The van der Waals surface area contributed by atoms with E-state index in [1.54, 1.807) is 20.1 Å². The van der Waals surface area contributed by atoms with Gasteiger partial charge in [0.15, 0.2) is 0 Å². The van der Waals surface area contributed by atoms with Crippen LogP contribution in [0, 0.1) is 20.8 Å². The summed E-state index contributed by atoms with van der Waals surface area (Å²) >= 11 is 0. The Bertz CT molecular complexity index is 1030. The summed E-state index contributed by atoms with van der Waals surface area (Å²) in [7, 11) is 1.55. The number of furan rings is 1. The number of benzene rings is 1. The Labute approximate surface area is 150 Å². The van der Waals surface area contributed by atoms with Crippen LogP contribution in [-0.2, 0) is 11.3 Å². The molecule has 0 aliphatic carbocycles. The molecule has 3 aromatic rings. The summed E-state index contributed by atoms with van der Waals surface area (Å²) in [6.07, 6.45) is 1.55. The monoisotopic (exact) mass is 355 g/mol. The van der Waals surface area contributed by atoms with Crippen molar-refractivity contribution < 1.29 is 13.9 Å². The number of fused-ring (bicyclic) bond motifs is 1. The van der Waals surface area contributed by atoms with E-state index in [0.29, 0.717) is 28.3 Å². The summed E-state index contributed by atoms with van der Waals surface area (Å²) in [5.41, 5.74) is 2.53. The van der Waals surface area contributed by atoms with E-state index in [-0.39, 0.29) is 24.4 Å². The average molecular weight is 355 g/mol. The number of aryl methyl sites for hydroxylation is 4. The predicted octanol–water partition coefficient (Wildman–Crippen LogP) is 2.95. The second-order valence-electron chi connectivity index (χ2n) is 6.21. The molecule has 0 spiro atoms. The number of hydrogen-bond donors (Lipinski definition) is 1. The van der Waals surface area contributed by atoms with Gasteiger partial charge in [0.1, 0.15) is 23.2 Å². The first-order chi connectivity index (χ1) is 12.4. The maximum absolute atomic E-state index is 12.6. The van der Waals surface area contributed by atoms with Crippen molar-refractivity contribution in [2.75, 3.05) is 12.4 Å². The number of carbonyl (C=O) groups excluding carboxylic acids is 1. The highest BCUT2D eigenvalue weighted by Crippen LogP contribution is 2.25. The highest BCUT2D eigenvalue weighted by atomic mass is 16.5. The quantitative estimate of drug-likeness (QED) is 0.760. The number of ether oxygens (including phenoxy) is 1. The van der Waals surface area contributed by atoms with Crippen LogP contribution in [0.5, 0.6) is 5.75 Å². The standard InChI is InChI=1S/C19H21N3O4/c1-11-5-6-15(25-4)14(9-11)21-16(23)7-8-22-10-20-18-17(19(22)24)12(2)13(3)26-18/h5-6,9-10H,7-8H2,1-4H3,(H,21,23). The van der Waals surface area contributed by atoms with Gasteiger partial charge in [-0.15, -0.1) is 0 Å². The van der Waals surface area contributed by atoms with Gasteiger partial charge in [-0.25, -0.2) is 4.98 Å². The van der Waals surface area contributed by atoms with Crippen molar-refractivity contribution in [1.29, 1.82) is 0 Å². The lowest BCUT2D eigenvalue weighted by Gasteiger charge is -2.11. The lowest BCUT2D eigenvalue weighted by atomic mass is 10.2. The summed E-state index contributed by atoms with van der Waals surface area (Å²) in [5, 5.41) is 3.29. The molecule has 1 aromatic carbocycles. The molecule has 0 saturated heterocycles. The number of nitrogens with zero attached hydrogens (tertiary/aromatic N) is 2. The topological polar surface area (TPSA) is 86.4 Å². The minimum Gasteiger partial charge on any atom is -0.495 e. The van der Waals surface area contributed by atoms with Gasteiger partial charge in [-0.1, -0.05) is 6.07 Å². The van der Waals surface area contributed by atoms with Gasteiger partial charge in [-0.2, -0.15) is 0 Å². The van der Waals surface area contributed by atoms with E-state index in [1.165, 1.54) is 10.9 Å². The number of aromatic nitrogens is 2. The van der Waals surface area contributed by atoms with E-state index >= 15 is 0 Å². The third-order valence-electron chi connectivity index (χ3n) is 4.36. The van der Waals surface area contributed by atoms with Crippen LogP contribution in [0.3, 0.4) is 0 Å². The highest BCUT2D eigenvalue weighted by molar-refractivity contribution is 5.92. The Morgan fingerprint density at radius 2 is 2.08 bits per heavy atom. The molecule has 0 aliphatic rings. The van der Waals surface area contributed by atoms with Crippen molar-refractivity contribution >= 4 is 22.7 Å². The largest absolute Gasteiger partial charge is 0.495 e. The van der Waals surface area contributed by atoms with Gasteiger partial charge in [0.25, 0.3) is 5.56 Å². The van der Waals surface area contributed by atoms with Crippen molar-refractivity contribution in [2.45, 2.75) is 33.7 Å². The molecule has 7 nitrogen and oxygen atoms in total. The van der Waals surface area contributed by atoms with Gasteiger partial charge in [-0.3, -0.25) is 14.2 Å². The van der Waals surface area contributed by atoms with Crippen LogP contribution in [0.15, 0.2) is 33.7 Å². The average Bonchev–Trinajstić information content (AvgIpc) is 2.89. The van der Waals surface area contributed by atoms with Crippen molar-refractivity contribution in [3.05, 3.63) is 51.8 Å². The molecule has 1 amide bonds. The van der Waals surface area contributed by atoms with E-state index in [1.807, 2.05) is 26.0 Å². The minimum atomic E-state index is -0.207. The third-order valence-corrected chi connectivity index (χ3v) is 4.36. The summed E-state index contributed by atoms with van der Waals surface area (Å²) in [5.74, 6) is 1.06. The van der Waals surface area contributed by atoms with Crippen LogP contribution in [0.2, 0.25) is 0 Å². The Kier molecular flexibility index (Phi) is 4.79. The summed E-state index contributed by atoms with van der Waals surface area (Å²) in [4.78, 5) is 29.0. The van der Waals surface area contributed by atoms with Gasteiger partial charge in [0.2, 0.25) is 11.6 Å². The maximum Gasteiger partial charge on any atom is 0.264 e. The molecule has 0 radical (unpaired) electrons. The number of methoxy groups -OCH3 is 1. The Morgan fingerprint density at radius 1 is 1.31 bits per heavy atom. The molecule has 0 atom stereocenters. The zero-order valence-corrected chi connectivity index (χ0v) is 15.3. The van der Waals surface area contributed by atoms with Crippen molar-refractivity contribution in [3.8, 4) is 5.75 Å². The van der Waals surface area contributed by atoms with Crippen LogP contribution in [0.1, 0.15) is 23.3 Å². The zero-order valence-electron chi connectivity index (χ0n) is 15.3. The van der Waals surface area contributed by atoms with Gasteiger partial charge in [-0.05, 0) is 38.5 Å². The van der Waals surface area contributed by atoms with E-state index < -0.39 is 0 Å². The van der Waals surface area contributed by atoms with E-state index in [9.17, 15) is 9.59 Å². The number of amides is 1. The molecule has 26 heavy (non-hydrogen) atoms. The first-order valence-corrected chi connectivity index (χ1v) is 8.30. The van der Waals surface area contributed by atoms with Crippen LogP contribution < -0.4 is 15.6 Å². The first kappa shape index (κ1) is 17.7. The maximum atomic E-state index is 12.6. The lowest BCUT2D eigenvalue weighted by Crippen LogP contribution is -2.23. The minimum absolute atomic E-state index is 0.139. The second-order valence-corrected chi connectivity index (χ2v) is 6.21. The predicted molar refractivity (Wildman–Crippen MR) is 98.7 cm³/mol. The molecule has 1 N–H and O–H groups in total. The molecule has 0 saturated carbocycles. The van der Waals surface area contributed by atoms with E-state index in [4.69, 9.17) is 9.15 Å². The summed E-state index contributed by atoms with van der Waals surface area (Å²) < 4.78 is 12.1. The van der Waals surface area contributed by atoms with Crippen LogP contribution in [0.4, 0.5) is 5.69 Å². The molecular weight excluding hydrogens is 334 g/mol. The zero-order chi connectivity index (χ0) is 18.8. The molecule has 0 bridgehead atoms. The molecule has 3 rings (SSSR count). The molecule has 0 aliphatic heterocycles. The highest BCUT2D eigenvalue weighted by Gasteiger charge is 2.14. The Morgan fingerprint density at radius 3 is 2.81 bits per heavy atom. The molecule has 2 heterocycles. The fourth-order valence-corrected chi connectivity index (χ4v) is 2.78. The van der Waals surface area contributed by atoms with Gasteiger partial charge in [0.05, 0.1) is 12.8 Å². The van der Waals surface area contributed by atoms with Crippen LogP contribution in [-0.4, -0.2) is 22.6 Å². The number of nitrogens with one attached hydrogen (secondary N) is 1. The van der Waals surface area contributed by atoms with Gasteiger partial charge >= 0.3 is 0 Å². The molecule has 0 fully saturated rings. The third kappa shape index (κ3) is 3.33. The molecular formula is C19H21N3O4. The summed E-state index contributed by atoms with van der Waals surface area (Å²) in [6, 6.07) is 5.55. The fraction of sp³-hybridized carbons (Fsp3) is 0.316. The number of rotatable bonds is 5. The summed E-state index contributed by atoms with van der Waals surface area (Å²) in [6.45, 7) is 5.78. The van der Waals surface area contributed by atoms with Gasteiger partial charge < -0.3 is 14.5 Å². The van der Waals surface area contributed by atoms with Crippen molar-refractivity contribution in [2.24, 2.45) is 0 Å². The van der Waals surface area contributed by atoms with Gasteiger partial charge in [0, 0.05) is 18.5 Å². The SMILES string of the molecule is COc1ccc(C)cc1NC(=O)CCn1cnc2oc(C)c(C)c2c1=O. The molecule has 2 aromatic heterocycles. The lowest BCUT2D eigenvalue weighted by molar-refractivity contribution is -0.116. The fourth-order valence-electron chi connectivity index (χ4n) is 2.78. The molecule has 7 heteroatoms. The van der Waals surface area contributed by atoms with E-state index in [2.05, 4.69) is 10.3 Å². The molecule has 136 valence electrons. The number of anilines is 1. The normalized spacial score (nSPS) is 10.9. The Balaban J connectivity index is 1.75. The first-order valence-electron chi connectivity index (χ1n) is 8.30.